The van der Waals surface area contributed by atoms with E-state index in [0.29, 0.717) is 21.8 Å². The molecule has 0 aliphatic carbocycles. The molecule has 10 heteroatoms. The monoisotopic (exact) mass is 458 g/mol. The number of nitrogens with one attached hydrogen (secondary N) is 2. The number of benzene rings is 2. The van der Waals surface area contributed by atoms with E-state index in [2.05, 4.69) is 20.6 Å². The van der Waals surface area contributed by atoms with E-state index in [9.17, 15) is 19.2 Å². The van der Waals surface area contributed by atoms with Crippen LogP contribution >= 0.6 is 0 Å². The second-order valence-electron chi connectivity index (χ2n) is 7.30. The number of para-hydroxylation sites is 2. The van der Waals surface area contributed by atoms with Crippen LogP contribution in [-0.4, -0.2) is 57.0 Å². The zero-order valence-electron chi connectivity index (χ0n) is 17.6. The van der Waals surface area contributed by atoms with E-state index in [1.54, 1.807) is 48.5 Å². The van der Waals surface area contributed by atoms with Crippen molar-refractivity contribution < 1.29 is 29.4 Å². The van der Waals surface area contributed by atoms with Gasteiger partial charge in [0.15, 0.2) is 0 Å². The van der Waals surface area contributed by atoms with E-state index in [0.717, 1.165) is 0 Å². The first-order valence-corrected chi connectivity index (χ1v) is 10.1. The Morgan fingerprint density at radius 1 is 0.647 bits per heavy atom. The van der Waals surface area contributed by atoms with Gasteiger partial charge < -0.3 is 20.8 Å². The second-order valence-corrected chi connectivity index (χ2v) is 7.30. The van der Waals surface area contributed by atoms with E-state index in [1.165, 1.54) is 12.1 Å². The van der Waals surface area contributed by atoms with Crippen LogP contribution in [0.15, 0.2) is 60.7 Å². The molecule has 2 heterocycles. The fraction of sp³-hybridized carbons (Fsp3) is 0.0833. The van der Waals surface area contributed by atoms with Gasteiger partial charge in [-0.2, -0.15) is 0 Å². The van der Waals surface area contributed by atoms with Crippen molar-refractivity contribution in [1.82, 2.24) is 20.6 Å². The van der Waals surface area contributed by atoms with Crippen LogP contribution in [0.1, 0.15) is 20.7 Å². The number of hydrogen-bond acceptors (Lipinski definition) is 6. The molecule has 10 nitrogen and oxygen atoms in total. The van der Waals surface area contributed by atoms with Gasteiger partial charge in [-0.25, -0.2) is 9.97 Å². The van der Waals surface area contributed by atoms with Crippen molar-refractivity contribution in [2.45, 2.75) is 0 Å². The highest BCUT2D eigenvalue weighted by atomic mass is 16.4. The van der Waals surface area contributed by atoms with Crippen LogP contribution in [0.3, 0.4) is 0 Å². The van der Waals surface area contributed by atoms with Gasteiger partial charge in [-0.3, -0.25) is 19.2 Å². The second kappa shape index (κ2) is 9.33. The van der Waals surface area contributed by atoms with Crippen LogP contribution in [0.5, 0.6) is 0 Å². The van der Waals surface area contributed by atoms with Gasteiger partial charge in [0.25, 0.3) is 11.8 Å². The predicted molar refractivity (Wildman–Crippen MR) is 122 cm³/mol. The summed E-state index contributed by atoms with van der Waals surface area (Å²) in [4.78, 5) is 56.4. The Morgan fingerprint density at radius 2 is 1.03 bits per heavy atom. The third-order valence-electron chi connectivity index (χ3n) is 4.98. The van der Waals surface area contributed by atoms with Crippen molar-refractivity contribution in [1.29, 1.82) is 0 Å². The molecule has 4 rings (SSSR count). The van der Waals surface area contributed by atoms with Gasteiger partial charge in [-0.1, -0.05) is 36.4 Å². The number of aliphatic carboxylic acids is 2. The summed E-state index contributed by atoms with van der Waals surface area (Å²) >= 11 is 0. The maximum absolute atomic E-state index is 12.7. The zero-order valence-corrected chi connectivity index (χ0v) is 17.6. The molecule has 0 saturated carbocycles. The number of carbonyl (C=O) groups is 4. The number of carbonyl (C=O) groups excluding carboxylic acids is 2. The molecule has 0 aliphatic rings. The van der Waals surface area contributed by atoms with Crippen LogP contribution in [0, 0.1) is 0 Å². The lowest BCUT2D eigenvalue weighted by atomic mass is 10.0. The molecule has 0 spiro atoms. The summed E-state index contributed by atoms with van der Waals surface area (Å²) in [5.41, 5.74) is 1.94. The van der Waals surface area contributed by atoms with Crippen LogP contribution in [0.25, 0.3) is 33.2 Å². The van der Waals surface area contributed by atoms with Gasteiger partial charge in [-0.15, -0.1) is 0 Å². The smallest absolute Gasteiger partial charge is 0.322 e. The summed E-state index contributed by atoms with van der Waals surface area (Å²) in [6.07, 6.45) is 0. The molecular formula is C24H18N4O6. The first-order chi connectivity index (χ1) is 16.3. The van der Waals surface area contributed by atoms with Gasteiger partial charge in [0.1, 0.15) is 13.1 Å². The van der Waals surface area contributed by atoms with Crippen LogP contribution in [0.4, 0.5) is 0 Å². The molecule has 0 fully saturated rings. The number of fused-ring (bicyclic) bond motifs is 2. The molecule has 2 aromatic carbocycles. The van der Waals surface area contributed by atoms with Crippen molar-refractivity contribution in [3.8, 4) is 11.4 Å². The van der Waals surface area contributed by atoms with E-state index in [4.69, 9.17) is 10.2 Å². The highest BCUT2D eigenvalue weighted by Crippen LogP contribution is 2.27. The molecule has 0 atom stereocenters. The maximum Gasteiger partial charge on any atom is 0.322 e. The van der Waals surface area contributed by atoms with E-state index >= 15 is 0 Å². The first-order valence-electron chi connectivity index (χ1n) is 10.1. The number of hydrogen-bond donors (Lipinski definition) is 4. The molecule has 34 heavy (non-hydrogen) atoms. The highest BCUT2D eigenvalue weighted by molar-refractivity contribution is 6.09. The largest absolute Gasteiger partial charge is 0.480 e. The fourth-order valence-corrected chi connectivity index (χ4v) is 3.49. The molecule has 0 radical (unpaired) electrons. The van der Waals surface area contributed by atoms with Crippen molar-refractivity contribution in [2.24, 2.45) is 0 Å². The number of rotatable bonds is 7. The third kappa shape index (κ3) is 4.65. The molecule has 2 amide bonds. The summed E-state index contributed by atoms with van der Waals surface area (Å²) in [6, 6.07) is 16.7. The molecule has 0 bridgehead atoms. The Balaban J connectivity index is 1.87. The van der Waals surface area contributed by atoms with Crippen molar-refractivity contribution in [2.75, 3.05) is 13.1 Å². The average Bonchev–Trinajstić information content (AvgIpc) is 2.84. The molecule has 4 N–H and O–H groups in total. The lowest BCUT2D eigenvalue weighted by Crippen LogP contribution is -2.29. The third-order valence-corrected chi connectivity index (χ3v) is 4.98. The molecule has 4 aromatic rings. The normalized spacial score (nSPS) is 10.7. The van der Waals surface area contributed by atoms with E-state index in [1.807, 2.05) is 0 Å². The lowest BCUT2D eigenvalue weighted by Gasteiger charge is -2.12. The Bertz CT molecular complexity index is 1360. The minimum absolute atomic E-state index is 0.202. The van der Waals surface area contributed by atoms with Gasteiger partial charge in [0, 0.05) is 10.8 Å². The Kier molecular flexibility index (Phi) is 6.13. The van der Waals surface area contributed by atoms with Gasteiger partial charge in [0.2, 0.25) is 0 Å². The summed E-state index contributed by atoms with van der Waals surface area (Å²) in [6.45, 7) is -1.10. The van der Waals surface area contributed by atoms with Crippen LogP contribution < -0.4 is 10.6 Å². The molecule has 0 saturated heterocycles. The number of nitrogens with zero attached hydrogens (tertiary/aromatic N) is 2. The van der Waals surface area contributed by atoms with Crippen molar-refractivity contribution >= 4 is 45.6 Å². The van der Waals surface area contributed by atoms with E-state index < -0.39 is 36.8 Å². The number of aromatic nitrogens is 2. The average molecular weight is 458 g/mol. The summed E-state index contributed by atoms with van der Waals surface area (Å²) < 4.78 is 0. The Hall–Kier alpha value is -4.86. The van der Waals surface area contributed by atoms with Crippen LogP contribution in [-0.2, 0) is 9.59 Å². The molecule has 170 valence electrons. The number of carboxylic acids is 2. The minimum atomic E-state index is -1.18. The van der Waals surface area contributed by atoms with Gasteiger partial charge in [0.05, 0.1) is 33.5 Å². The molecule has 0 unspecified atom stereocenters. The SMILES string of the molecule is O=C(O)CNC(=O)c1cc(-c2cc(C(=O)NCC(=O)O)c3ccccc3n2)nc2ccccc12. The predicted octanol–water partition coefficient (Wildman–Crippen LogP) is 2.08. The van der Waals surface area contributed by atoms with Gasteiger partial charge in [-0.05, 0) is 24.3 Å². The quantitative estimate of drug-likeness (QED) is 0.328. The molecular weight excluding hydrogens is 440 g/mol. The van der Waals surface area contributed by atoms with E-state index in [-0.39, 0.29) is 22.5 Å². The summed E-state index contributed by atoms with van der Waals surface area (Å²) in [7, 11) is 0. The van der Waals surface area contributed by atoms with Crippen LogP contribution in [0.2, 0.25) is 0 Å². The summed E-state index contributed by atoms with van der Waals surface area (Å²) in [5, 5.41) is 23.6. The molecule has 0 aliphatic heterocycles. The zero-order chi connectivity index (χ0) is 24.2. The fourth-order valence-electron chi connectivity index (χ4n) is 3.49. The van der Waals surface area contributed by atoms with Gasteiger partial charge >= 0.3 is 11.9 Å². The maximum atomic E-state index is 12.7. The van der Waals surface area contributed by atoms with Crippen molar-refractivity contribution in [3.05, 3.63) is 71.8 Å². The summed E-state index contributed by atoms with van der Waals surface area (Å²) in [5.74, 6) is -3.55. The lowest BCUT2D eigenvalue weighted by molar-refractivity contribution is -0.136. The number of amides is 2. The first kappa shape index (κ1) is 22.3. The molecule has 2 aromatic heterocycles. The number of carboxylic acid groups (broad SMARTS) is 2. The number of pyridine rings is 2. The Labute approximate surface area is 192 Å². The highest BCUT2D eigenvalue weighted by Gasteiger charge is 2.18. The Morgan fingerprint density at radius 3 is 1.41 bits per heavy atom. The standard InChI is InChI=1S/C24H18N4O6/c29-21(30)11-25-23(33)15-9-19(27-17-7-3-1-5-13(15)17)20-10-16(24(34)26-12-22(31)32)14-6-2-4-8-18(14)28-20/h1-10H,11-12H2,(H,25,33)(H,26,34)(H,29,30)(H,31,32). The van der Waals surface area contributed by atoms with Crippen molar-refractivity contribution in [3.63, 3.8) is 0 Å². The topological polar surface area (TPSA) is 159 Å². The minimum Gasteiger partial charge on any atom is -0.480 e.